The van der Waals surface area contributed by atoms with Gasteiger partial charge < -0.3 is 14.2 Å². The average molecular weight is 275 g/mol. The van der Waals surface area contributed by atoms with Gasteiger partial charge in [-0.05, 0) is 18.2 Å². The third-order valence-electron chi connectivity index (χ3n) is 2.54. The Morgan fingerprint density at radius 1 is 1.26 bits per heavy atom. The molecule has 0 fully saturated rings. The zero-order valence-corrected chi connectivity index (χ0v) is 10.3. The molecule has 2 heterocycles. The summed E-state index contributed by atoms with van der Waals surface area (Å²) in [4.78, 5) is 4.00. The Kier molecular flexibility index (Phi) is 2.86. The number of benzene rings is 1. The first-order chi connectivity index (χ1) is 9.28. The largest absolute Gasteiger partial charge is 0.454 e. The van der Waals surface area contributed by atoms with Crippen molar-refractivity contribution in [3.8, 4) is 29.2 Å². The molecule has 0 unspecified atom stereocenters. The Bertz CT molecular complexity index is 682. The maximum atomic E-state index is 8.88. The van der Waals surface area contributed by atoms with Crippen molar-refractivity contribution in [1.82, 2.24) is 4.98 Å². The van der Waals surface area contributed by atoms with Gasteiger partial charge in [0.1, 0.15) is 16.8 Å². The number of halogens is 1. The third kappa shape index (κ3) is 2.14. The van der Waals surface area contributed by atoms with Gasteiger partial charge in [-0.2, -0.15) is 5.26 Å². The van der Waals surface area contributed by atoms with Crippen molar-refractivity contribution < 1.29 is 14.2 Å². The van der Waals surface area contributed by atoms with Crippen LogP contribution in [-0.2, 0) is 0 Å². The maximum Gasteiger partial charge on any atom is 0.239 e. The van der Waals surface area contributed by atoms with Crippen LogP contribution in [0.2, 0.25) is 5.02 Å². The van der Waals surface area contributed by atoms with E-state index in [4.69, 9.17) is 31.1 Å². The molecule has 1 aromatic heterocycles. The van der Waals surface area contributed by atoms with Crippen molar-refractivity contribution in [3.05, 3.63) is 41.0 Å². The molecule has 0 saturated carbocycles. The molecule has 0 amide bonds. The van der Waals surface area contributed by atoms with E-state index in [1.54, 1.807) is 18.2 Å². The Hall–Kier alpha value is -2.45. The fraction of sp³-hybridized carbons (Fsp3) is 0.0769. The third-order valence-corrected chi connectivity index (χ3v) is 2.90. The molecule has 3 rings (SSSR count). The fourth-order valence-corrected chi connectivity index (χ4v) is 1.83. The van der Waals surface area contributed by atoms with Gasteiger partial charge in [0.05, 0.1) is 5.56 Å². The minimum absolute atomic E-state index is 0.180. The Morgan fingerprint density at radius 2 is 2.11 bits per heavy atom. The number of pyridine rings is 1. The zero-order valence-electron chi connectivity index (χ0n) is 9.59. The monoisotopic (exact) mass is 274 g/mol. The first kappa shape index (κ1) is 11.6. The van der Waals surface area contributed by atoms with Gasteiger partial charge in [-0.15, -0.1) is 0 Å². The summed E-state index contributed by atoms with van der Waals surface area (Å²) < 4.78 is 16.0. The van der Waals surface area contributed by atoms with E-state index < -0.39 is 0 Å². The van der Waals surface area contributed by atoms with Crippen LogP contribution in [0.5, 0.6) is 23.1 Å². The smallest absolute Gasteiger partial charge is 0.239 e. The highest BCUT2D eigenvalue weighted by atomic mass is 35.5. The van der Waals surface area contributed by atoms with Gasteiger partial charge >= 0.3 is 0 Å². The van der Waals surface area contributed by atoms with Gasteiger partial charge in [0, 0.05) is 12.3 Å². The van der Waals surface area contributed by atoms with Crippen molar-refractivity contribution in [2.75, 3.05) is 6.79 Å². The van der Waals surface area contributed by atoms with E-state index >= 15 is 0 Å². The standard InChI is InChI=1S/C13H7ClN2O3/c14-12-8(6-15)3-4-16-13(12)19-9-1-2-10-11(5-9)18-7-17-10/h1-5H,7H2. The second-order valence-corrected chi connectivity index (χ2v) is 4.08. The van der Waals surface area contributed by atoms with Crippen molar-refractivity contribution in [2.45, 2.75) is 0 Å². The number of nitrogens with zero attached hydrogens (tertiary/aromatic N) is 2. The highest BCUT2D eigenvalue weighted by Gasteiger charge is 2.15. The second-order valence-electron chi connectivity index (χ2n) is 3.71. The van der Waals surface area contributed by atoms with E-state index in [1.165, 1.54) is 12.3 Å². The molecule has 5 nitrogen and oxygen atoms in total. The Labute approximate surface area is 113 Å². The molecule has 0 spiro atoms. The molecule has 0 bridgehead atoms. The highest BCUT2D eigenvalue weighted by Crippen LogP contribution is 2.37. The van der Waals surface area contributed by atoms with E-state index in [0.29, 0.717) is 22.8 Å². The number of hydrogen-bond donors (Lipinski definition) is 0. The van der Waals surface area contributed by atoms with Crippen molar-refractivity contribution in [1.29, 1.82) is 5.26 Å². The van der Waals surface area contributed by atoms with E-state index in [9.17, 15) is 0 Å². The quantitative estimate of drug-likeness (QED) is 0.842. The van der Waals surface area contributed by atoms with Crippen LogP contribution in [0.3, 0.4) is 0 Å². The predicted octanol–water partition coefficient (Wildman–Crippen LogP) is 3.13. The normalized spacial score (nSPS) is 12.0. The van der Waals surface area contributed by atoms with E-state index in [2.05, 4.69) is 4.98 Å². The van der Waals surface area contributed by atoms with Crippen molar-refractivity contribution in [3.63, 3.8) is 0 Å². The van der Waals surface area contributed by atoms with E-state index in [1.807, 2.05) is 6.07 Å². The van der Waals surface area contributed by atoms with Crippen LogP contribution < -0.4 is 14.2 Å². The SMILES string of the molecule is N#Cc1ccnc(Oc2ccc3c(c2)OCO3)c1Cl. The fourth-order valence-electron chi connectivity index (χ4n) is 1.63. The lowest BCUT2D eigenvalue weighted by Gasteiger charge is -2.07. The second kappa shape index (κ2) is 4.67. The highest BCUT2D eigenvalue weighted by molar-refractivity contribution is 6.33. The number of fused-ring (bicyclic) bond motifs is 1. The lowest BCUT2D eigenvalue weighted by molar-refractivity contribution is 0.174. The summed E-state index contributed by atoms with van der Waals surface area (Å²) in [6.45, 7) is 0.196. The lowest BCUT2D eigenvalue weighted by atomic mass is 10.3. The summed E-state index contributed by atoms with van der Waals surface area (Å²) in [6, 6.07) is 8.62. The molecule has 0 aliphatic carbocycles. The summed E-state index contributed by atoms with van der Waals surface area (Å²) in [7, 11) is 0. The number of aromatic nitrogens is 1. The van der Waals surface area contributed by atoms with Gasteiger partial charge in [0.15, 0.2) is 11.5 Å². The topological polar surface area (TPSA) is 64.4 Å². The van der Waals surface area contributed by atoms with Crippen molar-refractivity contribution in [2.24, 2.45) is 0 Å². The Morgan fingerprint density at radius 3 is 2.95 bits per heavy atom. The molecule has 0 radical (unpaired) electrons. The average Bonchev–Trinajstić information content (AvgIpc) is 2.88. The van der Waals surface area contributed by atoms with E-state index in [0.717, 1.165) is 0 Å². The van der Waals surface area contributed by atoms with Crippen LogP contribution in [0, 0.1) is 11.3 Å². The molecule has 1 aliphatic rings. The lowest BCUT2D eigenvalue weighted by Crippen LogP contribution is -1.93. The molecule has 6 heteroatoms. The summed E-state index contributed by atoms with van der Waals surface area (Å²) in [5, 5.41) is 9.06. The first-order valence-corrected chi connectivity index (χ1v) is 5.78. The van der Waals surface area contributed by atoms with Crippen LogP contribution >= 0.6 is 11.6 Å². The zero-order chi connectivity index (χ0) is 13.2. The molecule has 19 heavy (non-hydrogen) atoms. The number of nitriles is 1. The van der Waals surface area contributed by atoms with Gasteiger partial charge in [-0.25, -0.2) is 4.98 Å². The molecule has 0 atom stereocenters. The van der Waals surface area contributed by atoms with Crippen LogP contribution in [-0.4, -0.2) is 11.8 Å². The van der Waals surface area contributed by atoms with Gasteiger partial charge in [0.2, 0.25) is 12.7 Å². The minimum atomic E-state index is 0.180. The summed E-state index contributed by atoms with van der Waals surface area (Å²) in [5.74, 6) is 1.95. The molecule has 0 N–H and O–H groups in total. The van der Waals surface area contributed by atoms with Gasteiger partial charge in [-0.1, -0.05) is 11.6 Å². The molecule has 0 saturated heterocycles. The number of ether oxygens (including phenoxy) is 3. The van der Waals surface area contributed by atoms with Crippen LogP contribution in [0.25, 0.3) is 0 Å². The number of rotatable bonds is 2. The molecule has 1 aromatic carbocycles. The summed E-state index contributed by atoms with van der Waals surface area (Å²) in [6.07, 6.45) is 1.47. The minimum Gasteiger partial charge on any atom is -0.454 e. The predicted molar refractivity (Wildman–Crippen MR) is 66.6 cm³/mol. The summed E-state index contributed by atoms with van der Waals surface area (Å²) >= 11 is 6.01. The van der Waals surface area contributed by atoms with Crippen LogP contribution in [0.15, 0.2) is 30.5 Å². The van der Waals surface area contributed by atoms with Crippen LogP contribution in [0.4, 0.5) is 0 Å². The van der Waals surface area contributed by atoms with Gasteiger partial charge in [0.25, 0.3) is 0 Å². The number of hydrogen-bond acceptors (Lipinski definition) is 5. The molecule has 94 valence electrons. The Balaban J connectivity index is 1.92. The van der Waals surface area contributed by atoms with Crippen molar-refractivity contribution >= 4 is 11.6 Å². The molecular formula is C13H7ClN2O3. The van der Waals surface area contributed by atoms with E-state index in [-0.39, 0.29) is 17.7 Å². The first-order valence-electron chi connectivity index (χ1n) is 5.40. The molecular weight excluding hydrogens is 268 g/mol. The molecule has 2 aromatic rings. The summed E-state index contributed by atoms with van der Waals surface area (Å²) in [5.41, 5.74) is 0.312. The van der Waals surface area contributed by atoms with Gasteiger partial charge in [-0.3, -0.25) is 0 Å². The molecule has 1 aliphatic heterocycles. The maximum absolute atomic E-state index is 8.88. The van der Waals surface area contributed by atoms with Crippen LogP contribution in [0.1, 0.15) is 5.56 Å².